The summed E-state index contributed by atoms with van der Waals surface area (Å²) in [5.41, 5.74) is 0. The second-order valence-electron chi connectivity index (χ2n) is 6.23. The third kappa shape index (κ3) is 9.68. The van der Waals surface area contributed by atoms with E-state index in [2.05, 4.69) is 34.6 Å². The summed E-state index contributed by atoms with van der Waals surface area (Å²) in [4.78, 5) is 0. The van der Waals surface area contributed by atoms with Crippen molar-refractivity contribution in [2.75, 3.05) is 0 Å². The van der Waals surface area contributed by atoms with Crippen LogP contribution in [-0.4, -0.2) is 0 Å². The lowest BCUT2D eigenvalue weighted by atomic mass is 9.84. The van der Waals surface area contributed by atoms with Gasteiger partial charge in [0.1, 0.15) is 0 Å². The van der Waals surface area contributed by atoms with Gasteiger partial charge in [-0.2, -0.15) is 0 Å². The molecule has 0 saturated heterocycles. The molecule has 0 aliphatic carbocycles. The van der Waals surface area contributed by atoms with E-state index in [0.717, 1.165) is 17.8 Å². The first-order chi connectivity index (χ1) is 8.13. The summed E-state index contributed by atoms with van der Waals surface area (Å²) >= 11 is 0. The van der Waals surface area contributed by atoms with Gasteiger partial charge in [-0.25, -0.2) is 0 Å². The fraction of sp³-hybridized carbons (Fsp3) is 1.00. The third-order valence-corrected chi connectivity index (χ3v) is 4.25. The zero-order chi connectivity index (χ0) is 13.1. The number of hydrogen-bond donors (Lipinski definition) is 0. The fourth-order valence-corrected chi connectivity index (χ4v) is 2.77. The molecule has 0 aliphatic rings. The first-order valence-electron chi connectivity index (χ1n) is 8.13. The highest BCUT2D eigenvalue weighted by atomic mass is 14.2. The summed E-state index contributed by atoms with van der Waals surface area (Å²) in [7, 11) is 0. The number of unbranched alkanes of at least 4 members (excludes halogenated alkanes) is 1. The zero-order valence-electron chi connectivity index (χ0n) is 13.1. The highest BCUT2D eigenvalue weighted by molar-refractivity contribution is 4.65. The molecule has 0 bridgehead atoms. The van der Waals surface area contributed by atoms with Crippen molar-refractivity contribution >= 4 is 0 Å². The summed E-state index contributed by atoms with van der Waals surface area (Å²) in [5, 5.41) is 0. The second-order valence-corrected chi connectivity index (χ2v) is 6.23. The molecule has 17 heavy (non-hydrogen) atoms. The summed E-state index contributed by atoms with van der Waals surface area (Å²) in [6.45, 7) is 11.8. The van der Waals surface area contributed by atoms with E-state index in [1.165, 1.54) is 57.8 Å². The van der Waals surface area contributed by atoms with Crippen LogP contribution in [0.3, 0.4) is 0 Å². The predicted molar refractivity (Wildman–Crippen MR) is 80.4 cm³/mol. The van der Waals surface area contributed by atoms with Crippen LogP contribution in [-0.2, 0) is 0 Å². The Balaban J connectivity index is 3.91. The van der Waals surface area contributed by atoms with Crippen molar-refractivity contribution in [3.05, 3.63) is 0 Å². The maximum Gasteiger partial charge on any atom is -0.0412 e. The smallest absolute Gasteiger partial charge is 0.0412 e. The Morgan fingerprint density at radius 2 is 1.41 bits per heavy atom. The van der Waals surface area contributed by atoms with Gasteiger partial charge in [0.25, 0.3) is 0 Å². The van der Waals surface area contributed by atoms with E-state index in [-0.39, 0.29) is 0 Å². The fourth-order valence-electron chi connectivity index (χ4n) is 2.77. The maximum absolute atomic E-state index is 2.43. The normalized spacial score (nSPS) is 16.8. The van der Waals surface area contributed by atoms with Crippen molar-refractivity contribution in [3.8, 4) is 0 Å². The van der Waals surface area contributed by atoms with Crippen molar-refractivity contribution in [1.29, 1.82) is 0 Å². The van der Waals surface area contributed by atoms with Crippen LogP contribution in [0.4, 0.5) is 0 Å². The molecular formula is C17H36. The molecule has 0 spiro atoms. The van der Waals surface area contributed by atoms with Gasteiger partial charge in [0.15, 0.2) is 0 Å². The van der Waals surface area contributed by atoms with Gasteiger partial charge in [0, 0.05) is 0 Å². The van der Waals surface area contributed by atoms with Crippen LogP contribution in [0.2, 0.25) is 0 Å². The average molecular weight is 240 g/mol. The molecule has 104 valence electrons. The molecule has 0 heteroatoms. The van der Waals surface area contributed by atoms with Crippen LogP contribution in [0.15, 0.2) is 0 Å². The van der Waals surface area contributed by atoms with Crippen molar-refractivity contribution in [1.82, 2.24) is 0 Å². The van der Waals surface area contributed by atoms with Gasteiger partial charge < -0.3 is 0 Å². The minimum atomic E-state index is 0.929. The van der Waals surface area contributed by atoms with Crippen LogP contribution in [0, 0.1) is 17.8 Å². The van der Waals surface area contributed by atoms with E-state index in [1.807, 2.05) is 0 Å². The minimum absolute atomic E-state index is 0.929. The molecule has 0 nitrogen and oxygen atoms in total. The molecule has 0 aliphatic heterocycles. The second kappa shape index (κ2) is 11.1. The van der Waals surface area contributed by atoms with E-state index in [0.29, 0.717) is 0 Å². The maximum atomic E-state index is 2.43. The van der Waals surface area contributed by atoms with Gasteiger partial charge in [-0.3, -0.25) is 0 Å². The molecule has 0 radical (unpaired) electrons. The standard InChI is InChI=1S/C17H36/c1-6-9-11-17(14-15(4)8-3)13-12-16(5)10-7-2/h15-17H,6-14H2,1-5H3. The van der Waals surface area contributed by atoms with Gasteiger partial charge in [-0.05, 0) is 24.2 Å². The van der Waals surface area contributed by atoms with E-state index in [9.17, 15) is 0 Å². The van der Waals surface area contributed by atoms with E-state index < -0.39 is 0 Å². The van der Waals surface area contributed by atoms with E-state index >= 15 is 0 Å². The van der Waals surface area contributed by atoms with Crippen molar-refractivity contribution < 1.29 is 0 Å². The molecule has 3 atom stereocenters. The first kappa shape index (κ1) is 17.0. The Labute approximate surface area is 111 Å². The van der Waals surface area contributed by atoms with E-state index in [1.54, 1.807) is 0 Å². The largest absolute Gasteiger partial charge is 0.0654 e. The van der Waals surface area contributed by atoms with Crippen LogP contribution in [0.5, 0.6) is 0 Å². The zero-order valence-corrected chi connectivity index (χ0v) is 13.1. The Bertz CT molecular complexity index is 150. The molecule has 0 saturated carbocycles. The summed E-state index contributed by atoms with van der Waals surface area (Å²) in [6.07, 6.45) is 12.8. The summed E-state index contributed by atoms with van der Waals surface area (Å²) in [5.74, 6) is 2.88. The number of rotatable bonds is 11. The molecule has 3 unspecified atom stereocenters. The lowest BCUT2D eigenvalue weighted by Gasteiger charge is -2.22. The summed E-state index contributed by atoms with van der Waals surface area (Å²) in [6, 6.07) is 0. The Morgan fingerprint density at radius 3 is 1.94 bits per heavy atom. The molecule has 0 rings (SSSR count). The molecule has 0 fully saturated rings. The molecule has 0 aromatic heterocycles. The molecular weight excluding hydrogens is 204 g/mol. The quantitative estimate of drug-likeness (QED) is 0.389. The van der Waals surface area contributed by atoms with Gasteiger partial charge >= 0.3 is 0 Å². The third-order valence-electron chi connectivity index (χ3n) is 4.25. The van der Waals surface area contributed by atoms with Crippen molar-refractivity contribution in [3.63, 3.8) is 0 Å². The van der Waals surface area contributed by atoms with Crippen LogP contribution in [0.1, 0.15) is 92.4 Å². The van der Waals surface area contributed by atoms with Crippen LogP contribution < -0.4 is 0 Å². The molecule has 0 aromatic rings. The highest BCUT2D eigenvalue weighted by Crippen LogP contribution is 2.27. The molecule has 0 aromatic carbocycles. The molecule has 0 amide bonds. The number of hydrogen-bond acceptors (Lipinski definition) is 0. The first-order valence-corrected chi connectivity index (χ1v) is 8.13. The van der Waals surface area contributed by atoms with Crippen LogP contribution >= 0.6 is 0 Å². The minimum Gasteiger partial charge on any atom is -0.0654 e. The Kier molecular flexibility index (Phi) is 11.1. The lowest BCUT2D eigenvalue weighted by molar-refractivity contribution is 0.307. The van der Waals surface area contributed by atoms with Crippen molar-refractivity contribution in [2.45, 2.75) is 92.4 Å². The van der Waals surface area contributed by atoms with Gasteiger partial charge in [0.05, 0.1) is 0 Å². The summed E-state index contributed by atoms with van der Waals surface area (Å²) < 4.78 is 0. The molecule has 0 heterocycles. The monoisotopic (exact) mass is 240 g/mol. The van der Waals surface area contributed by atoms with Gasteiger partial charge in [0.2, 0.25) is 0 Å². The Hall–Kier alpha value is 0. The van der Waals surface area contributed by atoms with Gasteiger partial charge in [-0.15, -0.1) is 0 Å². The van der Waals surface area contributed by atoms with E-state index in [4.69, 9.17) is 0 Å². The average Bonchev–Trinajstić information content (AvgIpc) is 2.32. The van der Waals surface area contributed by atoms with Crippen LogP contribution in [0.25, 0.3) is 0 Å². The lowest BCUT2D eigenvalue weighted by Crippen LogP contribution is -2.08. The molecule has 0 N–H and O–H groups in total. The SMILES string of the molecule is CCCCC(CCC(C)CCC)CC(C)CC. The highest BCUT2D eigenvalue weighted by Gasteiger charge is 2.13. The topological polar surface area (TPSA) is 0 Å². The predicted octanol–water partition coefficient (Wildman–Crippen LogP) is 6.45. The van der Waals surface area contributed by atoms with Gasteiger partial charge in [-0.1, -0.05) is 86.0 Å². The Morgan fingerprint density at radius 1 is 0.706 bits per heavy atom. The van der Waals surface area contributed by atoms with Crippen molar-refractivity contribution in [2.24, 2.45) is 17.8 Å².